The zero-order valence-electron chi connectivity index (χ0n) is 13.5. The van der Waals surface area contributed by atoms with Crippen LogP contribution in [0.2, 0.25) is 0 Å². The third-order valence-corrected chi connectivity index (χ3v) is 4.98. The SMILES string of the molecule is CN(CC1(N(C)C)CCC1)c1cncc(CNC2CC2)n1. The second-order valence-corrected chi connectivity index (χ2v) is 6.85. The molecule has 5 nitrogen and oxygen atoms in total. The van der Waals surface area contributed by atoms with Crippen molar-refractivity contribution in [2.45, 2.75) is 50.2 Å². The minimum absolute atomic E-state index is 0.318. The van der Waals surface area contributed by atoms with Gasteiger partial charge in [-0.25, -0.2) is 4.98 Å². The number of rotatable bonds is 7. The molecule has 0 aromatic carbocycles. The highest BCUT2D eigenvalue weighted by molar-refractivity contribution is 5.36. The molecule has 116 valence electrons. The molecule has 0 amide bonds. The normalized spacial score (nSPS) is 20.4. The van der Waals surface area contributed by atoms with E-state index in [2.05, 4.69) is 41.2 Å². The van der Waals surface area contributed by atoms with Crippen LogP contribution in [0.1, 0.15) is 37.8 Å². The standard InChI is InChI=1S/C16H27N5/c1-20(2)16(7-4-8-16)12-21(3)15-11-17-9-14(19-15)10-18-13-5-6-13/h9,11,13,18H,4-8,10,12H2,1-3H3. The Kier molecular flexibility index (Phi) is 4.13. The molecule has 0 unspecified atom stereocenters. The first-order valence-electron chi connectivity index (χ1n) is 8.02. The molecule has 2 saturated carbocycles. The van der Waals surface area contributed by atoms with Crippen molar-refractivity contribution >= 4 is 5.82 Å². The lowest BCUT2D eigenvalue weighted by atomic mass is 9.75. The van der Waals surface area contributed by atoms with Gasteiger partial charge in [0, 0.05) is 37.9 Å². The second-order valence-electron chi connectivity index (χ2n) is 6.85. The van der Waals surface area contributed by atoms with Crippen LogP contribution in [0.15, 0.2) is 12.4 Å². The minimum Gasteiger partial charge on any atom is -0.357 e. The van der Waals surface area contributed by atoms with Crippen molar-refractivity contribution in [2.75, 3.05) is 32.6 Å². The maximum absolute atomic E-state index is 4.76. The average molecular weight is 289 g/mol. The number of nitrogens with zero attached hydrogens (tertiary/aromatic N) is 4. The Bertz CT molecular complexity index is 479. The van der Waals surface area contributed by atoms with Gasteiger partial charge in [0.15, 0.2) is 0 Å². The Labute approximate surface area is 127 Å². The zero-order valence-corrected chi connectivity index (χ0v) is 13.5. The van der Waals surface area contributed by atoms with E-state index in [9.17, 15) is 0 Å². The Morgan fingerprint density at radius 3 is 2.57 bits per heavy atom. The molecule has 2 aliphatic carbocycles. The second kappa shape index (κ2) is 5.89. The number of hydrogen-bond donors (Lipinski definition) is 1. The first-order valence-corrected chi connectivity index (χ1v) is 8.02. The molecule has 1 heterocycles. The summed E-state index contributed by atoms with van der Waals surface area (Å²) in [7, 11) is 6.51. The number of likely N-dealkylation sites (N-methyl/N-ethyl adjacent to an activating group) is 2. The molecule has 1 N–H and O–H groups in total. The lowest BCUT2D eigenvalue weighted by Gasteiger charge is -2.49. The molecule has 0 aliphatic heterocycles. The Morgan fingerprint density at radius 1 is 1.24 bits per heavy atom. The molecule has 1 aromatic heterocycles. The van der Waals surface area contributed by atoms with E-state index < -0.39 is 0 Å². The van der Waals surface area contributed by atoms with Gasteiger partial charge in [0.2, 0.25) is 0 Å². The van der Waals surface area contributed by atoms with Crippen molar-refractivity contribution in [3.8, 4) is 0 Å². The van der Waals surface area contributed by atoms with Gasteiger partial charge in [-0.15, -0.1) is 0 Å². The largest absolute Gasteiger partial charge is 0.357 e. The molecule has 0 spiro atoms. The molecule has 0 radical (unpaired) electrons. The number of hydrogen-bond acceptors (Lipinski definition) is 5. The smallest absolute Gasteiger partial charge is 0.147 e. The van der Waals surface area contributed by atoms with Crippen molar-refractivity contribution in [3.63, 3.8) is 0 Å². The van der Waals surface area contributed by atoms with Crippen molar-refractivity contribution in [1.82, 2.24) is 20.2 Å². The predicted molar refractivity (Wildman–Crippen MR) is 85.4 cm³/mol. The summed E-state index contributed by atoms with van der Waals surface area (Å²) in [6.07, 6.45) is 10.3. The molecule has 3 rings (SSSR count). The Morgan fingerprint density at radius 2 is 2.00 bits per heavy atom. The highest BCUT2D eigenvalue weighted by Crippen LogP contribution is 2.37. The Hall–Kier alpha value is -1.20. The van der Waals surface area contributed by atoms with Crippen LogP contribution >= 0.6 is 0 Å². The molecular formula is C16H27N5. The van der Waals surface area contributed by atoms with Gasteiger partial charge in [-0.3, -0.25) is 4.98 Å². The molecule has 5 heteroatoms. The van der Waals surface area contributed by atoms with Gasteiger partial charge in [-0.05, 0) is 46.2 Å². The third kappa shape index (κ3) is 3.35. The summed E-state index contributed by atoms with van der Waals surface area (Å²) in [6, 6.07) is 0.708. The van der Waals surface area contributed by atoms with Gasteiger partial charge in [0.05, 0.1) is 11.9 Å². The van der Waals surface area contributed by atoms with E-state index in [0.29, 0.717) is 11.6 Å². The van der Waals surface area contributed by atoms with Crippen LogP contribution in [0.3, 0.4) is 0 Å². The highest BCUT2D eigenvalue weighted by atomic mass is 15.3. The van der Waals surface area contributed by atoms with Gasteiger partial charge in [-0.2, -0.15) is 0 Å². The summed E-state index contributed by atoms with van der Waals surface area (Å²) >= 11 is 0. The van der Waals surface area contributed by atoms with E-state index in [1.165, 1.54) is 32.1 Å². The summed E-state index contributed by atoms with van der Waals surface area (Å²) in [4.78, 5) is 13.8. The number of anilines is 1. The zero-order chi connectivity index (χ0) is 14.9. The monoisotopic (exact) mass is 289 g/mol. The summed E-state index contributed by atoms with van der Waals surface area (Å²) in [5.41, 5.74) is 1.36. The maximum Gasteiger partial charge on any atom is 0.147 e. The summed E-state index contributed by atoms with van der Waals surface area (Å²) in [5, 5.41) is 3.50. The molecule has 2 aliphatic rings. The molecular weight excluding hydrogens is 262 g/mol. The molecule has 0 bridgehead atoms. The topological polar surface area (TPSA) is 44.3 Å². The van der Waals surface area contributed by atoms with E-state index in [4.69, 9.17) is 4.98 Å². The molecule has 21 heavy (non-hydrogen) atoms. The van der Waals surface area contributed by atoms with Gasteiger partial charge in [0.25, 0.3) is 0 Å². The van der Waals surface area contributed by atoms with Crippen LogP contribution < -0.4 is 10.2 Å². The minimum atomic E-state index is 0.318. The van der Waals surface area contributed by atoms with E-state index in [1.807, 2.05) is 12.4 Å². The molecule has 2 fully saturated rings. The van der Waals surface area contributed by atoms with Crippen LogP contribution in [0, 0.1) is 0 Å². The average Bonchev–Trinajstić information content (AvgIpc) is 3.24. The van der Waals surface area contributed by atoms with Crippen LogP contribution in [-0.2, 0) is 6.54 Å². The molecule has 0 saturated heterocycles. The quantitative estimate of drug-likeness (QED) is 0.827. The molecule has 1 aromatic rings. The van der Waals surface area contributed by atoms with Crippen molar-refractivity contribution in [3.05, 3.63) is 18.1 Å². The van der Waals surface area contributed by atoms with Gasteiger partial charge in [-0.1, -0.05) is 0 Å². The number of nitrogens with one attached hydrogen (secondary N) is 1. The highest BCUT2D eigenvalue weighted by Gasteiger charge is 2.40. The predicted octanol–water partition coefficient (Wildman–Crippen LogP) is 1.65. The molecule has 0 atom stereocenters. The fourth-order valence-electron chi connectivity index (χ4n) is 3.05. The summed E-state index contributed by atoms with van der Waals surface area (Å²) in [6.45, 7) is 1.85. The van der Waals surface area contributed by atoms with Crippen molar-refractivity contribution in [1.29, 1.82) is 0 Å². The van der Waals surface area contributed by atoms with Crippen LogP contribution in [-0.4, -0.2) is 54.1 Å². The fraction of sp³-hybridized carbons (Fsp3) is 0.750. The van der Waals surface area contributed by atoms with E-state index in [-0.39, 0.29) is 0 Å². The first kappa shape index (κ1) is 14.7. The third-order valence-electron chi connectivity index (χ3n) is 4.98. The van der Waals surface area contributed by atoms with E-state index in [1.54, 1.807) is 0 Å². The lowest BCUT2D eigenvalue weighted by Crippen LogP contribution is -2.56. The van der Waals surface area contributed by atoms with E-state index >= 15 is 0 Å². The van der Waals surface area contributed by atoms with Crippen molar-refractivity contribution < 1.29 is 0 Å². The lowest BCUT2D eigenvalue weighted by molar-refractivity contribution is 0.0681. The van der Waals surface area contributed by atoms with Crippen molar-refractivity contribution in [2.24, 2.45) is 0 Å². The van der Waals surface area contributed by atoms with Crippen LogP contribution in [0.4, 0.5) is 5.82 Å². The van der Waals surface area contributed by atoms with Crippen LogP contribution in [0.5, 0.6) is 0 Å². The maximum atomic E-state index is 4.76. The summed E-state index contributed by atoms with van der Waals surface area (Å²) < 4.78 is 0. The van der Waals surface area contributed by atoms with Gasteiger partial charge < -0.3 is 15.1 Å². The number of aromatic nitrogens is 2. The summed E-state index contributed by atoms with van der Waals surface area (Å²) in [5.74, 6) is 0.984. The fourth-order valence-corrected chi connectivity index (χ4v) is 3.05. The first-order chi connectivity index (χ1) is 10.1. The Balaban J connectivity index is 1.63. The van der Waals surface area contributed by atoms with Gasteiger partial charge in [0.1, 0.15) is 5.82 Å². The van der Waals surface area contributed by atoms with Gasteiger partial charge >= 0.3 is 0 Å². The van der Waals surface area contributed by atoms with E-state index in [0.717, 1.165) is 24.6 Å². The van der Waals surface area contributed by atoms with Crippen LogP contribution in [0.25, 0.3) is 0 Å².